The molecule has 1 unspecified atom stereocenters. The van der Waals surface area contributed by atoms with E-state index in [1.165, 1.54) is 14.3 Å². The third-order valence-electron chi connectivity index (χ3n) is 2.14. The maximum atomic E-state index is 10.6. The largest absolute Gasteiger partial charge is 0.812 e. The molecule has 0 spiro atoms. The lowest BCUT2D eigenvalue weighted by atomic mass is 9.51. The van der Waals surface area contributed by atoms with E-state index in [9.17, 15) is 9.79 Å². The third-order valence-corrected chi connectivity index (χ3v) is 2.92. The Kier molecular flexibility index (Phi) is 5.25. The van der Waals surface area contributed by atoms with Crippen LogP contribution in [0.1, 0.15) is 6.42 Å². The van der Waals surface area contributed by atoms with Crippen LogP contribution < -0.4 is 9.79 Å². The highest BCUT2D eigenvalue weighted by molar-refractivity contribution is 8.05. The molecule has 83 valence electrons. The van der Waals surface area contributed by atoms with Crippen molar-refractivity contribution in [2.45, 2.75) is 24.6 Å². The molecule has 1 aliphatic rings. The van der Waals surface area contributed by atoms with Gasteiger partial charge >= 0.3 is 0 Å². The molecule has 0 bridgehead atoms. The maximum absolute atomic E-state index is 10.6. The number of hydrogen-bond donors (Lipinski definition) is 0. The standard InChI is InChI=1S/C6H12B2O5PS/c1-11-4-2-6(8-7)13-5(4)3-12-14(9,10)15/h4-6H,2-3H2,1H3,(H2,9,10,15)/p-2/t4?,5-,6-/m1/s1. The number of hydrogen-bond acceptors (Lipinski definition) is 6. The van der Waals surface area contributed by atoms with Gasteiger partial charge in [0, 0.05) is 20.9 Å². The zero-order valence-electron chi connectivity index (χ0n) is 8.20. The molecule has 9 heteroatoms. The zero-order valence-corrected chi connectivity index (χ0v) is 9.91. The summed E-state index contributed by atoms with van der Waals surface area (Å²) in [5.41, 5.74) is 0. The quantitative estimate of drug-likeness (QED) is 0.408. The summed E-state index contributed by atoms with van der Waals surface area (Å²) in [5, 5.41) is 0. The summed E-state index contributed by atoms with van der Waals surface area (Å²) < 4.78 is 15.0. The van der Waals surface area contributed by atoms with Gasteiger partial charge in [-0.2, -0.15) is 0 Å². The first-order chi connectivity index (χ1) is 6.96. The van der Waals surface area contributed by atoms with Crippen LogP contribution in [0.5, 0.6) is 0 Å². The summed E-state index contributed by atoms with van der Waals surface area (Å²) in [4.78, 5) is 21.3. The molecule has 0 aliphatic carbocycles. The van der Waals surface area contributed by atoms with Crippen LogP contribution in [0.3, 0.4) is 0 Å². The fourth-order valence-corrected chi connectivity index (χ4v) is 1.94. The Morgan fingerprint density at radius 1 is 1.67 bits per heavy atom. The molecule has 5 nitrogen and oxygen atoms in total. The van der Waals surface area contributed by atoms with E-state index in [4.69, 9.17) is 17.2 Å². The predicted octanol–water partition coefficient (Wildman–Crippen LogP) is -2.13. The smallest absolute Gasteiger partial charge is 0.107 e. The molecule has 1 fully saturated rings. The fourth-order valence-electron chi connectivity index (χ4n) is 1.43. The fraction of sp³-hybridized carbons (Fsp3) is 1.00. The topological polar surface area (TPSA) is 73.8 Å². The van der Waals surface area contributed by atoms with Gasteiger partial charge in [-0.05, 0) is 6.42 Å². The molecule has 0 amide bonds. The van der Waals surface area contributed by atoms with E-state index in [0.717, 1.165) is 0 Å². The van der Waals surface area contributed by atoms with Crippen LogP contribution in [0.2, 0.25) is 0 Å². The van der Waals surface area contributed by atoms with E-state index < -0.39 is 12.8 Å². The van der Waals surface area contributed by atoms with Crippen LogP contribution in [-0.4, -0.2) is 46.8 Å². The van der Waals surface area contributed by atoms with Gasteiger partial charge in [0.25, 0.3) is 0 Å². The van der Waals surface area contributed by atoms with Gasteiger partial charge in [0.1, 0.15) is 6.10 Å². The number of ether oxygens (including phenoxy) is 2. The zero-order chi connectivity index (χ0) is 11.5. The van der Waals surface area contributed by atoms with Crippen molar-refractivity contribution in [1.29, 1.82) is 0 Å². The molecule has 0 aromatic heterocycles. The highest BCUT2D eigenvalue weighted by Gasteiger charge is 2.34. The average molecular weight is 247 g/mol. The van der Waals surface area contributed by atoms with Gasteiger partial charge in [-0.3, -0.25) is 0 Å². The van der Waals surface area contributed by atoms with Crippen molar-refractivity contribution in [3.63, 3.8) is 0 Å². The van der Waals surface area contributed by atoms with Crippen LogP contribution in [0.15, 0.2) is 0 Å². The van der Waals surface area contributed by atoms with E-state index >= 15 is 0 Å². The Balaban J connectivity index is 2.43. The molecular formula is C6H10B2O5PS-2. The molecule has 1 heterocycles. The summed E-state index contributed by atoms with van der Waals surface area (Å²) in [6.07, 6.45) is -0.0943. The molecule has 3 atom stereocenters. The molecule has 0 aromatic carbocycles. The molecule has 1 aliphatic heterocycles. The van der Waals surface area contributed by atoms with Crippen LogP contribution in [-0.2, 0) is 25.8 Å². The van der Waals surface area contributed by atoms with Crippen molar-refractivity contribution in [3.8, 4) is 0 Å². The van der Waals surface area contributed by atoms with Gasteiger partial charge in [0.2, 0.25) is 0 Å². The van der Waals surface area contributed by atoms with Gasteiger partial charge in [-0.15, -0.1) is 11.8 Å². The van der Waals surface area contributed by atoms with Crippen molar-refractivity contribution in [2.24, 2.45) is 0 Å². The van der Waals surface area contributed by atoms with Crippen molar-refractivity contribution in [2.75, 3.05) is 13.7 Å². The van der Waals surface area contributed by atoms with Gasteiger partial charge in [-0.25, -0.2) is 0 Å². The van der Waals surface area contributed by atoms with Crippen molar-refractivity contribution in [3.05, 3.63) is 0 Å². The molecule has 15 heavy (non-hydrogen) atoms. The van der Waals surface area contributed by atoms with Crippen LogP contribution in [0.4, 0.5) is 0 Å². The van der Waals surface area contributed by atoms with E-state index in [2.05, 4.69) is 16.3 Å². The second-order valence-electron chi connectivity index (χ2n) is 3.16. The van der Waals surface area contributed by atoms with Crippen LogP contribution >= 0.6 is 6.72 Å². The minimum Gasteiger partial charge on any atom is -0.812 e. The molecular weight excluding hydrogens is 237 g/mol. The monoisotopic (exact) mass is 247 g/mol. The SMILES string of the molecule is [B][B][C@H]1CC(OC)[C@@H](COP([O-])([O-])=S)O1. The van der Waals surface area contributed by atoms with Gasteiger partial charge in [0.05, 0.1) is 19.9 Å². The van der Waals surface area contributed by atoms with Crippen molar-refractivity contribution in [1.82, 2.24) is 0 Å². The summed E-state index contributed by atoms with van der Waals surface area (Å²) >= 11 is 4.10. The van der Waals surface area contributed by atoms with E-state index in [0.29, 0.717) is 6.42 Å². The van der Waals surface area contributed by atoms with Gasteiger partial charge in [0.15, 0.2) is 0 Å². The Bertz CT molecular complexity index is 250. The Morgan fingerprint density at radius 3 is 2.80 bits per heavy atom. The first-order valence-electron chi connectivity index (χ1n) is 4.36. The number of rotatable bonds is 5. The summed E-state index contributed by atoms with van der Waals surface area (Å²) in [6, 6.07) is -0.236. The maximum Gasteiger partial charge on any atom is 0.107 e. The average Bonchev–Trinajstić information content (AvgIpc) is 2.56. The van der Waals surface area contributed by atoms with E-state index in [1.54, 1.807) is 0 Å². The van der Waals surface area contributed by atoms with Gasteiger partial charge in [-0.1, -0.05) is 6.72 Å². The Hall–Kier alpha value is 0.580. The van der Waals surface area contributed by atoms with Crippen LogP contribution in [0, 0.1) is 0 Å². The molecule has 1 rings (SSSR count). The van der Waals surface area contributed by atoms with Crippen molar-refractivity contribution >= 4 is 33.4 Å². The lowest BCUT2D eigenvalue weighted by Gasteiger charge is -2.35. The normalized spacial score (nSPS) is 31.8. The molecule has 1 saturated heterocycles. The summed E-state index contributed by atoms with van der Waals surface area (Å²) in [6.45, 7) is -4.26. The summed E-state index contributed by atoms with van der Waals surface area (Å²) in [5.74, 6) is 0. The lowest BCUT2D eigenvalue weighted by molar-refractivity contribution is -0.322. The first kappa shape index (κ1) is 13.6. The molecule has 0 saturated carbocycles. The van der Waals surface area contributed by atoms with E-state index in [-0.39, 0.29) is 18.7 Å². The molecule has 3 radical (unpaired) electrons. The van der Waals surface area contributed by atoms with E-state index in [1.807, 2.05) is 0 Å². The van der Waals surface area contributed by atoms with Crippen LogP contribution in [0.25, 0.3) is 0 Å². The molecule has 0 N–H and O–H groups in total. The predicted molar refractivity (Wildman–Crippen MR) is 55.8 cm³/mol. The second-order valence-corrected chi connectivity index (χ2v) is 5.65. The second kappa shape index (κ2) is 5.77. The molecule has 0 aromatic rings. The minimum atomic E-state index is -4.13. The third kappa shape index (κ3) is 4.53. The highest BCUT2D eigenvalue weighted by Crippen LogP contribution is 2.29. The summed E-state index contributed by atoms with van der Waals surface area (Å²) in [7, 11) is 8.23. The Morgan fingerprint density at radius 2 is 2.33 bits per heavy atom. The highest BCUT2D eigenvalue weighted by atomic mass is 32.5. The Labute approximate surface area is 96.0 Å². The van der Waals surface area contributed by atoms with Gasteiger partial charge < -0.3 is 23.8 Å². The number of methoxy groups -OCH3 is 1. The van der Waals surface area contributed by atoms with Crippen molar-refractivity contribution < 1.29 is 23.8 Å². The lowest BCUT2D eigenvalue weighted by Crippen LogP contribution is -2.30. The minimum absolute atomic E-state index is 0.132. The first-order valence-corrected chi connectivity index (χ1v) is 6.92.